The molecular formula is C25H20FN3O4S. The first kappa shape index (κ1) is 23.2. The van der Waals surface area contributed by atoms with Gasteiger partial charge < -0.3 is 9.47 Å². The number of rotatable bonds is 8. The molecule has 0 N–H and O–H groups in total. The van der Waals surface area contributed by atoms with E-state index in [0.29, 0.717) is 22.2 Å². The molecule has 4 rings (SSSR count). The lowest BCUT2D eigenvalue weighted by Gasteiger charge is -2.16. The van der Waals surface area contributed by atoms with E-state index in [1.165, 1.54) is 13.2 Å². The van der Waals surface area contributed by atoms with E-state index in [0.717, 1.165) is 11.8 Å². The summed E-state index contributed by atoms with van der Waals surface area (Å²) in [5.41, 5.74) is 1.49. The number of ether oxygens (including phenoxy) is 2. The van der Waals surface area contributed by atoms with Crippen LogP contribution in [0.5, 0.6) is 0 Å². The number of hydrogen-bond donors (Lipinski definition) is 0. The molecule has 1 heterocycles. The van der Waals surface area contributed by atoms with E-state index >= 15 is 0 Å². The molecule has 0 amide bonds. The minimum absolute atomic E-state index is 0.150. The van der Waals surface area contributed by atoms with Crippen LogP contribution in [0.25, 0.3) is 17.1 Å². The predicted octanol–water partition coefficient (Wildman–Crippen LogP) is 4.62. The predicted molar refractivity (Wildman–Crippen MR) is 125 cm³/mol. The lowest BCUT2D eigenvalue weighted by molar-refractivity contribution is -0.165. The number of benzene rings is 3. The van der Waals surface area contributed by atoms with E-state index in [1.807, 2.05) is 30.3 Å². The first-order chi connectivity index (χ1) is 16.6. The molecule has 0 saturated carbocycles. The number of esters is 2. The Morgan fingerprint density at radius 3 is 2.26 bits per heavy atom. The molecule has 0 fully saturated rings. The highest BCUT2D eigenvalue weighted by molar-refractivity contribution is 7.99. The number of nitrogens with zero attached hydrogens (tertiary/aromatic N) is 3. The Balaban J connectivity index is 1.58. The molecule has 0 radical (unpaired) electrons. The molecule has 1 aromatic heterocycles. The van der Waals surface area contributed by atoms with Crippen LogP contribution in [0.15, 0.2) is 90.1 Å². The number of aromatic nitrogens is 3. The van der Waals surface area contributed by atoms with Crippen molar-refractivity contribution in [3.63, 3.8) is 0 Å². The lowest BCUT2D eigenvalue weighted by Crippen LogP contribution is -2.22. The first-order valence-electron chi connectivity index (χ1n) is 10.3. The van der Waals surface area contributed by atoms with E-state index in [-0.39, 0.29) is 11.3 Å². The summed E-state index contributed by atoms with van der Waals surface area (Å²) in [6.45, 7) is 0. The second-order valence-corrected chi connectivity index (χ2v) is 7.99. The summed E-state index contributed by atoms with van der Waals surface area (Å²) in [5, 5.41) is 8.73. The van der Waals surface area contributed by atoms with Gasteiger partial charge in [0.2, 0.25) is 6.10 Å². The highest BCUT2D eigenvalue weighted by Gasteiger charge is 2.26. The summed E-state index contributed by atoms with van der Waals surface area (Å²) in [4.78, 5) is 24.8. The van der Waals surface area contributed by atoms with E-state index in [4.69, 9.17) is 9.47 Å². The molecule has 0 aliphatic carbocycles. The first-order valence-corrected chi connectivity index (χ1v) is 11.3. The van der Waals surface area contributed by atoms with Gasteiger partial charge in [-0.2, -0.15) is 0 Å². The number of carbonyl (C=O) groups excluding carboxylic acids is 2. The van der Waals surface area contributed by atoms with Crippen LogP contribution < -0.4 is 0 Å². The summed E-state index contributed by atoms with van der Waals surface area (Å²) in [6.07, 6.45) is -1.18. The third kappa shape index (κ3) is 5.15. The average molecular weight is 478 g/mol. The minimum Gasteiger partial charge on any atom is -0.466 e. The molecule has 0 unspecified atom stereocenters. The Kier molecular flexibility index (Phi) is 7.34. The number of methoxy groups -OCH3 is 1. The van der Waals surface area contributed by atoms with Crippen molar-refractivity contribution in [3.8, 4) is 17.1 Å². The molecule has 0 aliphatic heterocycles. The number of hydrogen-bond acceptors (Lipinski definition) is 7. The average Bonchev–Trinajstić information content (AvgIpc) is 3.30. The smallest absolute Gasteiger partial charge is 0.351 e. The Morgan fingerprint density at radius 2 is 1.59 bits per heavy atom. The molecule has 0 spiro atoms. The van der Waals surface area contributed by atoms with Crippen LogP contribution in [0, 0.1) is 5.82 Å². The molecule has 9 heteroatoms. The highest BCUT2D eigenvalue weighted by atomic mass is 32.2. The van der Waals surface area contributed by atoms with Crippen molar-refractivity contribution in [3.05, 3.63) is 96.3 Å². The maximum Gasteiger partial charge on any atom is 0.351 e. The maximum atomic E-state index is 14.5. The van der Waals surface area contributed by atoms with Gasteiger partial charge in [0.05, 0.1) is 18.4 Å². The van der Waals surface area contributed by atoms with Gasteiger partial charge in [-0.05, 0) is 24.3 Å². The van der Waals surface area contributed by atoms with E-state index in [2.05, 4.69) is 10.2 Å². The lowest BCUT2D eigenvalue weighted by atomic mass is 10.1. The molecule has 1 atom stereocenters. The SMILES string of the molecule is COC(=O)[C@@H](OC(=O)CSc1nnc(-c2ccccc2F)n1-c1ccccc1)c1ccccc1. The molecule has 172 valence electrons. The van der Waals surface area contributed by atoms with Crippen LogP contribution in [0.3, 0.4) is 0 Å². The zero-order valence-electron chi connectivity index (χ0n) is 18.1. The summed E-state index contributed by atoms with van der Waals surface area (Å²) < 4.78 is 26.4. The standard InChI is InChI=1S/C25H20FN3O4S/c1-32-24(31)22(17-10-4-2-5-11-17)33-21(30)16-34-25-28-27-23(19-14-8-9-15-20(19)26)29(25)18-12-6-3-7-13-18/h2-15,22H,16H2,1H3/t22-/m0/s1. The van der Waals surface area contributed by atoms with Crippen molar-refractivity contribution >= 4 is 23.7 Å². The number of carbonyl (C=O) groups is 2. The maximum absolute atomic E-state index is 14.5. The number of thioether (sulfide) groups is 1. The van der Waals surface area contributed by atoms with Gasteiger partial charge in [0.15, 0.2) is 11.0 Å². The van der Waals surface area contributed by atoms with E-state index < -0.39 is 23.9 Å². The van der Waals surface area contributed by atoms with Gasteiger partial charge >= 0.3 is 11.9 Å². The van der Waals surface area contributed by atoms with Gasteiger partial charge in [0, 0.05) is 11.3 Å². The third-order valence-corrected chi connectivity index (χ3v) is 5.75. The van der Waals surface area contributed by atoms with Gasteiger partial charge in [0.25, 0.3) is 0 Å². The second kappa shape index (κ2) is 10.8. The zero-order chi connectivity index (χ0) is 23.9. The van der Waals surface area contributed by atoms with Gasteiger partial charge in [0.1, 0.15) is 5.82 Å². The van der Waals surface area contributed by atoms with Gasteiger partial charge in [-0.15, -0.1) is 10.2 Å². The fourth-order valence-corrected chi connectivity index (χ4v) is 4.00. The Hall–Kier alpha value is -3.98. The normalized spacial score (nSPS) is 11.6. The van der Waals surface area contributed by atoms with Gasteiger partial charge in [-0.25, -0.2) is 9.18 Å². The third-order valence-electron chi connectivity index (χ3n) is 4.85. The quantitative estimate of drug-likeness (QED) is 0.270. The van der Waals surface area contributed by atoms with E-state index in [9.17, 15) is 14.0 Å². The Bertz CT molecular complexity index is 1280. The molecular weight excluding hydrogens is 457 g/mol. The van der Waals surface area contributed by atoms with Crippen LogP contribution >= 0.6 is 11.8 Å². The zero-order valence-corrected chi connectivity index (χ0v) is 18.9. The molecule has 3 aromatic carbocycles. The summed E-state index contributed by atoms with van der Waals surface area (Å²) in [6, 6.07) is 24.1. The fourth-order valence-electron chi connectivity index (χ4n) is 3.27. The summed E-state index contributed by atoms with van der Waals surface area (Å²) >= 11 is 1.07. The summed E-state index contributed by atoms with van der Waals surface area (Å²) in [7, 11) is 1.23. The van der Waals surface area contributed by atoms with Crippen molar-refractivity contribution in [1.29, 1.82) is 0 Å². The van der Waals surface area contributed by atoms with Crippen molar-refractivity contribution in [2.45, 2.75) is 11.3 Å². The second-order valence-electron chi connectivity index (χ2n) is 7.05. The molecule has 0 aliphatic rings. The largest absolute Gasteiger partial charge is 0.466 e. The molecule has 0 bridgehead atoms. The number of halogens is 1. The minimum atomic E-state index is -1.18. The molecule has 34 heavy (non-hydrogen) atoms. The van der Waals surface area contributed by atoms with Gasteiger partial charge in [-0.1, -0.05) is 72.4 Å². The van der Waals surface area contributed by atoms with Crippen molar-refractivity contribution < 1.29 is 23.5 Å². The van der Waals surface area contributed by atoms with Crippen LogP contribution in [0.4, 0.5) is 4.39 Å². The monoisotopic (exact) mass is 477 g/mol. The van der Waals surface area contributed by atoms with E-state index in [1.54, 1.807) is 53.1 Å². The van der Waals surface area contributed by atoms with Crippen LogP contribution in [-0.4, -0.2) is 39.6 Å². The number of para-hydroxylation sites is 1. The van der Waals surface area contributed by atoms with Crippen molar-refractivity contribution in [2.24, 2.45) is 0 Å². The molecule has 7 nitrogen and oxygen atoms in total. The molecule has 4 aromatic rings. The highest BCUT2D eigenvalue weighted by Crippen LogP contribution is 2.30. The summed E-state index contributed by atoms with van der Waals surface area (Å²) in [5.74, 6) is -1.61. The van der Waals surface area contributed by atoms with Crippen LogP contribution in [-0.2, 0) is 19.1 Å². The van der Waals surface area contributed by atoms with Gasteiger partial charge in [-0.3, -0.25) is 9.36 Å². The van der Waals surface area contributed by atoms with Crippen LogP contribution in [0.2, 0.25) is 0 Å². The topological polar surface area (TPSA) is 83.3 Å². The van der Waals surface area contributed by atoms with Crippen molar-refractivity contribution in [1.82, 2.24) is 14.8 Å². The Morgan fingerprint density at radius 1 is 0.941 bits per heavy atom. The fraction of sp³-hybridized carbons (Fsp3) is 0.120. The van der Waals surface area contributed by atoms with Crippen LogP contribution in [0.1, 0.15) is 11.7 Å². The van der Waals surface area contributed by atoms with Crippen molar-refractivity contribution in [2.75, 3.05) is 12.9 Å². The molecule has 0 saturated heterocycles. The Labute approximate surface area is 199 Å².